The van der Waals surface area contributed by atoms with Gasteiger partial charge in [0.25, 0.3) is 0 Å². The number of aliphatic imine (C=N–C) groups is 1. The lowest BCUT2D eigenvalue weighted by Gasteiger charge is -2.34. The van der Waals surface area contributed by atoms with Crippen LogP contribution in [0.4, 0.5) is 0 Å². The van der Waals surface area contributed by atoms with E-state index in [2.05, 4.69) is 28.1 Å². The first kappa shape index (κ1) is 12.5. The van der Waals surface area contributed by atoms with Gasteiger partial charge < -0.3 is 4.90 Å². The summed E-state index contributed by atoms with van der Waals surface area (Å²) in [7, 11) is 0. The van der Waals surface area contributed by atoms with Crippen LogP contribution in [-0.4, -0.2) is 55.3 Å². The molecule has 94 valence electrons. The molecule has 0 bridgehead atoms. The van der Waals surface area contributed by atoms with Crippen LogP contribution in [0.5, 0.6) is 0 Å². The van der Waals surface area contributed by atoms with E-state index in [1.165, 1.54) is 57.6 Å². The van der Waals surface area contributed by atoms with Crippen molar-refractivity contribution in [2.24, 2.45) is 4.99 Å². The second-order valence-electron chi connectivity index (χ2n) is 4.90. The average molecular weight is 233 g/mol. The molecule has 2 heterocycles. The maximum atomic E-state index is 3.89. The minimum absolute atomic E-state index is 0.513. The van der Waals surface area contributed by atoms with Gasteiger partial charge in [-0.15, -0.1) is 0 Å². The lowest BCUT2D eigenvalue weighted by molar-refractivity contribution is 0.149. The molecule has 2 aliphatic rings. The van der Waals surface area contributed by atoms with Crippen LogP contribution < -0.4 is 0 Å². The summed E-state index contributed by atoms with van der Waals surface area (Å²) in [6.45, 7) is 13.6. The Bertz CT molecular complexity index is 305. The quantitative estimate of drug-likeness (QED) is 0.515. The van der Waals surface area contributed by atoms with Crippen LogP contribution in [0.1, 0.15) is 19.3 Å². The Morgan fingerprint density at radius 3 is 2.65 bits per heavy atom. The molecule has 0 aliphatic carbocycles. The second-order valence-corrected chi connectivity index (χ2v) is 4.90. The molecule has 2 aliphatic heterocycles. The van der Waals surface area contributed by atoms with Crippen molar-refractivity contribution in [3.05, 3.63) is 24.4 Å². The van der Waals surface area contributed by atoms with Crippen molar-refractivity contribution in [3.63, 3.8) is 0 Å². The highest BCUT2D eigenvalue weighted by molar-refractivity contribution is 5.31. The minimum atomic E-state index is 0.513. The molecule has 1 unspecified atom stereocenters. The van der Waals surface area contributed by atoms with Crippen LogP contribution in [0.25, 0.3) is 0 Å². The smallest absolute Gasteiger partial charge is 0.0364 e. The third-order valence-corrected chi connectivity index (χ3v) is 3.88. The fourth-order valence-electron chi connectivity index (χ4n) is 2.73. The first-order valence-corrected chi connectivity index (χ1v) is 6.60. The van der Waals surface area contributed by atoms with Crippen LogP contribution in [0.3, 0.4) is 0 Å². The molecule has 0 spiro atoms. The van der Waals surface area contributed by atoms with Gasteiger partial charge >= 0.3 is 0 Å². The molecule has 0 aromatic carbocycles. The van der Waals surface area contributed by atoms with E-state index in [9.17, 15) is 0 Å². The summed E-state index contributed by atoms with van der Waals surface area (Å²) < 4.78 is 0. The predicted octanol–water partition coefficient (Wildman–Crippen LogP) is 1.93. The summed E-state index contributed by atoms with van der Waals surface area (Å²) in [5.41, 5.74) is 1.22. The first-order valence-electron chi connectivity index (χ1n) is 6.60. The van der Waals surface area contributed by atoms with Crippen molar-refractivity contribution in [1.29, 1.82) is 0 Å². The largest absolute Gasteiger partial charge is 0.302 e. The fraction of sp³-hybridized carbons (Fsp3) is 0.643. The molecule has 0 saturated carbocycles. The van der Waals surface area contributed by atoms with Crippen molar-refractivity contribution < 1.29 is 0 Å². The van der Waals surface area contributed by atoms with Gasteiger partial charge in [-0.25, -0.2) is 0 Å². The standard InChI is InChI=1S/C14H23N3/c1-3-13(12-15-2)14-6-4-9-17(14)11-10-16-7-5-8-16/h3,12,14H,1-2,4-11H2/b13-12+. The van der Waals surface area contributed by atoms with Crippen molar-refractivity contribution in [3.8, 4) is 0 Å². The topological polar surface area (TPSA) is 18.8 Å². The summed E-state index contributed by atoms with van der Waals surface area (Å²) >= 11 is 0. The Hall–Kier alpha value is -0.930. The Labute approximate surface area is 105 Å². The number of hydrogen-bond acceptors (Lipinski definition) is 3. The van der Waals surface area contributed by atoms with E-state index < -0.39 is 0 Å². The van der Waals surface area contributed by atoms with Crippen LogP contribution in [0.15, 0.2) is 29.4 Å². The predicted molar refractivity (Wildman–Crippen MR) is 73.5 cm³/mol. The van der Waals surface area contributed by atoms with Gasteiger partial charge in [0.1, 0.15) is 0 Å². The summed E-state index contributed by atoms with van der Waals surface area (Å²) in [6.07, 6.45) is 7.68. The highest BCUT2D eigenvalue weighted by Crippen LogP contribution is 2.24. The summed E-state index contributed by atoms with van der Waals surface area (Å²) in [6, 6.07) is 0.513. The third kappa shape index (κ3) is 3.05. The third-order valence-electron chi connectivity index (χ3n) is 3.88. The summed E-state index contributed by atoms with van der Waals surface area (Å²) in [4.78, 5) is 8.98. The van der Waals surface area contributed by atoms with E-state index in [0.29, 0.717) is 6.04 Å². The maximum Gasteiger partial charge on any atom is 0.0364 e. The molecule has 2 saturated heterocycles. The molecule has 2 rings (SSSR count). The molecular weight excluding hydrogens is 210 g/mol. The van der Waals surface area contributed by atoms with Gasteiger partial charge in [0, 0.05) is 25.3 Å². The van der Waals surface area contributed by atoms with Gasteiger partial charge in [0.05, 0.1) is 0 Å². The zero-order chi connectivity index (χ0) is 12.1. The van der Waals surface area contributed by atoms with Gasteiger partial charge in [-0.3, -0.25) is 9.89 Å². The van der Waals surface area contributed by atoms with E-state index >= 15 is 0 Å². The summed E-state index contributed by atoms with van der Waals surface area (Å²) in [5, 5.41) is 0. The molecule has 3 nitrogen and oxygen atoms in total. The first-order chi connectivity index (χ1) is 8.35. The van der Waals surface area contributed by atoms with Crippen molar-refractivity contribution >= 4 is 6.72 Å². The van der Waals surface area contributed by atoms with E-state index in [4.69, 9.17) is 0 Å². The fourth-order valence-corrected chi connectivity index (χ4v) is 2.73. The molecule has 0 N–H and O–H groups in total. The SMILES string of the molecule is C=C/C(=C\N=C)C1CCCN1CCN1CCC1. The van der Waals surface area contributed by atoms with E-state index in [0.717, 1.165) is 0 Å². The average Bonchev–Trinajstić information content (AvgIpc) is 2.72. The van der Waals surface area contributed by atoms with Crippen molar-refractivity contribution in [2.45, 2.75) is 25.3 Å². The summed E-state index contributed by atoms with van der Waals surface area (Å²) in [5.74, 6) is 0. The van der Waals surface area contributed by atoms with E-state index in [1.807, 2.05) is 12.3 Å². The Balaban J connectivity index is 1.88. The number of nitrogens with zero attached hydrogens (tertiary/aromatic N) is 3. The zero-order valence-electron chi connectivity index (χ0n) is 10.6. The van der Waals surface area contributed by atoms with E-state index in [-0.39, 0.29) is 0 Å². The Morgan fingerprint density at radius 1 is 1.24 bits per heavy atom. The van der Waals surface area contributed by atoms with Crippen LogP contribution in [-0.2, 0) is 0 Å². The molecule has 3 heteroatoms. The molecule has 0 aromatic heterocycles. The van der Waals surface area contributed by atoms with Crippen LogP contribution in [0, 0.1) is 0 Å². The van der Waals surface area contributed by atoms with Crippen LogP contribution in [0.2, 0.25) is 0 Å². The van der Waals surface area contributed by atoms with Crippen LogP contribution >= 0.6 is 0 Å². The van der Waals surface area contributed by atoms with Gasteiger partial charge in [0.2, 0.25) is 0 Å². The second kappa shape index (κ2) is 6.12. The van der Waals surface area contributed by atoms with Gasteiger partial charge in [-0.1, -0.05) is 12.7 Å². The van der Waals surface area contributed by atoms with Gasteiger partial charge in [0.15, 0.2) is 0 Å². The highest BCUT2D eigenvalue weighted by atomic mass is 15.2. The number of rotatable bonds is 6. The minimum Gasteiger partial charge on any atom is -0.302 e. The molecule has 1 atom stereocenters. The number of hydrogen-bond donors (Lipinski definition) is 0. The monoisotopic (exact) mass is 233 g/mol. The Morgan fingerprint density at radius 2 is 2.06 bits per heavy atom. The zero-order valence-corrected chi connectivity index (χ0v) is 10.6. The molecule has 17 heavy (non-hydrogen) atoms. The molecule has 2 fully saturated rings. The molecule has 0 amide bonds. The van der Waals surface area contributed by atoms with Crippen molar-refractivity contribution in [2.75, 3.05) is 32.7 Å². The Kier molecular flexibility index (Phi) is 4.51. The van der Waals surface area contributed by atoms with E-state index in [1.54, 1.807) is 0 Å². The normalized spacial score (nSPS) is 26.8. The number of likely N-dealkylation sites (tertiary alicyclic amines) is 2. The molecule has 0 aromatic rings. The molecule has 0 radical (unpaired) electrons. The molecular formula is C14H23N3. The lowest BCUT2D eigenvalue weighted by Crippen LogP contribution is -2.43. The van der Waals surface area contributed by atoms with Gasteiger partial charge in [-0.05, 0) is 51.2 Å². The highest BCUT2D eigenvalue weighted by Gasteiger charge is 2.27. The van der Waals surface area contributed by atoms with Crippen molar-refractivity contribution in [1.82, 2.24) is 9.80 Å². The van der Waals surface area contributed by atoms with Gasteiger partial charge in [-0.2, -0.15) is 0 Å². The maximum absolute atomic E-state index is 3.89. The lowest BCUT2D eigenvalue weighted by atomic mass is 10.1.